The van der Waals surface area contributed by atoms with Crippen LogP contribution < -0.4 is 5.43 Å². The average molecular weight is 321 g/mol. The largest absolute Gasteiger partial charge is 0.271 e. The van der Waals surface area contributed by atoms with E-state index in [4.69, 9.17) is 23.2 Å². The smallest absolute Gasteiger partial charge is 0.267 e. The molecule has 0 saturated carbocycles. The second kappa shape index (κ2) is 6.74. The summed E-state index contributed by atoms with van der Waals surface area (Å²) in [6.07, 6.45) is 1.43. The van der Waals surface area contributed by atoms with Crippen molar-refractivity contribution in [2.75, 3.05) is 0 Å². The van der Waals surface area contributed by atoms with Gasteiger partial charge in [0.2, 0.25) is 0 Å². The zero-order chi connectivity index (χ0) is 15.4. The summed E-state index contributed by atoms with van der Waals surface area (Å²) >= 11 is 12.0. The van der Waals surface area contributed by atoms with Gasteiger partial charge < -0.3 is 0 Å². The van der Waals surface area contributed by atoms with Crippen molar-refractivity contribution in [2.45, 2.75) is 13.8 Å². The lowest BCUT2D eigenvalue weighted by atomic mass is 10.1. The highest BCUT2D eigenvalue weighted by Crippen LogP contribution is 2.22. The highest BCUT2D eigenvalue weighted by molar-refractivity contribution is 6.38. The molecule has 21 heavy (non-hydrogen) atoms. The molecule has 0 saturated heterocycles. The molecular formula is C16H14Cl2N2O. The second-order valence-corrected chi connectivity index (χ2v) is 5.45. The van der Waals surface area contributed by atoms with Crippen LogP contribution in [0.2, 0.25) is 10.0 Å². The van der Waals surface area contributed by atoms with E-state index in [0.29, 0.717) is 21.2 Å². The fourth-order valence-corrected chi connectivity index (χ4v) is 2.23. The summed E-state index contributed by atoms with van der Waals surface area (Å²) in [5.41, 5.74) is 5.78. The Morgan fingerprint density at radius 2 is 1.76 bits per heavy atom. The molecular weight excluding hydrogens is 307 g/mol. The van der Waals surface area contributed by atoms with Crippen LogP contribution in [0.5, 0.6) is 0 Å². The number of hydrogen-bond acceptors (Lipinski definition) is 2. The lowest BCUT2D eigenvalue weighted by Crippen LogP contribution is -2.17. The molecule has 1 N–H and O–H groups in total. The van der Waals surface area contributed by atoms with E-state index in [2.05, 4.69) is 10.5 Å². The van der Waals surface area contributed by atoms with Gasteiger partial charge >= 0.3 is 0 Å². The minimum atomic E-state index is -0.280. The Kier molecular flexibility index (Phi) is 4.99. The third-order valence-electron chi connectivity index (χ3n) is 3.13. The van der Waals surface area contributed by atoms with E-state index in [1.165, 1.54) is 6.21 Å². The molecule has 5 heteroatoms. The molecule has 2 aromatic rings. The molecule has 0 heterocycles. The van der Waals surface area contributed by atoms with Crippen LogP contribution in [0.4, 0.5) is 0 Å². The highest BCUT2D eigenvalue weighted by Gasteiger charge is 2.06. The average Bonchev–Trinajstić information content (AvgIpc) is 2.45. The number of amides is 1. The maximum Gasteiger partial charge on any atom is 0.271 e. The molecule has 0 bridgehead atoms. The molecule has 0 aliphatic heterocycles. The summed E-state index contributed by atoms with van der Waals surface area (Å²) in [7, 11) is 0. The first-order valence-electron chi connectivity index (χ1n) is 6.33. The Morgan fingerprint density at radius 1 is 1.10 bits per heavy atom. The summed E-state index contributed by atoms with van der Waals surface area (Å²) in [5, 5.41) is 4.86. The van der Waals surface area contributed by atoms with Gasteiger partial charge in [0.15, 0.2) is 0 Å². The zero-order valence-electron chi connectivity index (χ0n) is 11.7. The normalized spacial score (nSPS) is 10.9. The maximum absolute atomic E-state index is 12.0. The topological polar surface area (TPSA) is 41.5 Å². The first-order valence-corrected chi connectivity index (χ1v) is 7.09. The monoisotopic (exact) mass is 320 g/mol. The van der Waals surface area contributed by atoms with Crippen molar-refractivity contribution in [1.29, 1.82) is 0 Å². The second-order valence-electron chi connectivity index (χ2n) is 4.63. The summed E-state index contributed by atoms with van der Waals surface area (Å²) in [5.74, 6) is -0.280. The van der Waals surface area contributed by atoms with Gasteiger partial charge in [0.05, 0.1) is 16.3 Å². The first kappa shape index (κ1) is 15.5. The van der Waals surface area contributed by atoms with E-state index in [1.807, 2.05) is 26.0 Å². The molecule has 2 aromatic carbocycles. The summed E-state index contributed by atoms with van der Waals surface area (Å²) in [4.78, 5) is 12.0. The predicted molar refractivity (Wildman–Crippen MR) is 87.4 cm³/mol. The molecule has 0 fully saturated rings. The highest BCUT2D eigenvalue weighted by atomic mass is 35.5. The minimum Gasteiger partial charge on any atom is -0.267 e. The van der Waals surface area contributed by atoms with Crippen molar-refractivity contribution in [1.82, 2.24) is 5.43 Å². The Labute approximate surface area is 133 Å². The summed E-state index contributed by atoms with van der Waals surface area (Å²) in [6.45, 7) is 3.95. The first-order chi connectivity index (χ1) is 9.99. The van der Waals surface area contributed by atoms with E-state index in [9.17, 15) is 4.79 Å². The number of carbonyl (C=O) groups is 1. The SMILES string of the molecule is Cc1ccc(C(=O)N/N=C/c2c(Cl)cccc2Cl)cc1C. The Bertz CT molecular complexity index is 691. The van der Waals surface area contributed by atoms with Crippen LogP contribution >= 0.6 is 23.2 Å². The van der Waals surface area contributed by atoms with Crippen molar-refractivity contribution in [2.24, 2.45) is 5.10 Å². The van der Waals surface area contributed by atoms with Crippen LogP contribution in [-0.2, 0) is 0 Å². The van der Waals surface area contributed by atoms with Crippen molar-refractivity contribution >= 4 is 35.3 Å². The summed E-state index contributed by atoms with van der Waals surface area (Å²) < 4.78 is 0. The standard InChI is InChI=1S/C16H14Cl2N2O/c1-10-6-7-12(8-11(10)2)16(21)20-19-9-13-14(17)4-3-5-15(13)18/h3-9H,1-2H3,(H,20,21)/b19-9+. The van der Waals surface area contributed by atoms with E-state index >= 15 is 0 Å². The Balaban J connectivity index is 2.10. The van der Waals surface area contributed by atoms with Crippen LogP contribution in [0.1, 0.15) is 27.0 Å². The van der Waals surface area contributed by atoms with Gasteiger partial charge in [-0.2, -0.15) is 5.10 Å². The van der Waals surface area contributed by atoms with Gasteiger partial charge in [0.25, 0.3) is 5.91 Å². The molecule has 2 rings (SSSR count). The number of hydrogen-bond donors (Lipinski definition) is 1. The van der Waals surface area contributed by atoms with Crippen LogP contribution in [0.25, 0.3) is 0 Å². The third kappa shape index (κ3) is 3.84. The number of aryl methyl sites for hydroxylation is 2. The molecule has 0 unspecified atom stereocenters. The molecule has 0 aromatic heterocycles. The van der Waals surface area contributed by atoms with Gasteiger partial charge in [-0.15, -0.1) is 0 Å². The van der Waals surface area contributed by atoms with Gasteiger partial charge in [-0.1, -0.05) is 35.3 Å². The Hall–Kier alpha value is -1.84. The van der Waals surface area contributed by atoms with E-state index in [-0.39, 0.29) is 5.91 Å². The number of halogens is 2. The molecule has 0 atom stereocenters. The van der Waals surface area contributed by atoms with E-state index < -0.39 is 0 Å². The summed E-state index contributed by atoms with van der Waals surface area (Å²) in [6, 6.07) is 10.6. The quantitative estimate of drug-likeness (QED) is 0.662. The number of rotatable bonds is 3. The van der Waals surface area contributed by atoms with E-state index in [1.54, 1.807) is 24.3 Å². The fourth-order valence-electron chi connectivity index (χ4n) is 1.74. The van der Waals surface area contributed by atoms with E-state index in [0.717, 1.165) is 11.1 Å². The molecule has 0 aliphatic rings. The molecule has 0 aliphatic carbocycles. The van der Waals surface area contributed by atoms with Gasteiger partial charge in [0, 0.05) is 11.1 Å². The lowest BCUT2D eigenvalue weighted by molar-refractivity contribution is 0.0955. The van der Waals surface area contributed by atoms with Crippen molar-refractivity contribution in [3.8, 4) is 0 Å². The van der Waals surface area contributed by atoms with Gasteiger partial charge in [-0.25, -0.2) is 5.43 Å². The number of nitrogens with zero attached hydrogens (tertiary/aromatic N) is 1. The van der Waals surface area contributed by atoms with Crippen molar-refractivity contribution in [3.05, 3.63) is 68.7 Å². The van der Waals surface area contributed by atoms with Crippen molar-refractivity contribution in [3.63, 3.8) is 0 Å². The van der Waals surface area contributed by atoms with Gasteiger partial charge in [-0.05, 0) is 49.2 Å². The molecule has 0 radical (unpaired) electrons. The maximum atomic E-state index is 12.0. The van der Waals surface area contributed by atoms with Crippen LogP contribution in [0, 0.1) is 13.8 Å². The van der Waals surface area contributed by atoms with Gasteiger partial charge in [0.1, 0.15) is 0 Å². The zero-order valence-corrected chi connectivity index (χ0v) is 13.2. The molecule has 1 amide bonds. The number of carbonyl (C=O) groups excluding carboxylic acids is 1. The van der Waals surface area contributed by atoms with Crippen molar-refractivity contribution < 1.29 is 4.79 Å². The minimum absolute atomic E-state index is 0.280. The number of nitrogens with one attached hydrogen (secondary N) is 1. The number of benzene rings is 2. The molecule has 3 nitrogen and oxygen atoms in total. The van der Waals surface area contributed by atoms with Gasteiger partial charge in [-0.3, -0.25) is 4.79 Å². The van der Waals surface area contributed by atoms with Crippen LogP contribution in [-0.4, -0.2) is 12.1 Å². The molecule has 0 spiro atoms. The Morgan fingerprint density at radius 3 is 2.38 bits per heavy atom. The van der Waals surface area contributed by atoms with Crippen LogP contribution in [0.3, 0.4) is 0 Å². The lowest BCUT2D eigenvalue weighted by Gasteiger charge is -2.04. The third-order valence-corrected chi connectivity index (χ3v) is 3.79. The fraction of sp³-hybridized carbons (Fsp3) is 0.125. The predicted octanol–water partition coefficient (Wildman–Crippen LogP) is 4.37. The number of hydrazone groups is 1. The van der Waals surface area contributed by atoms with Crippen LogP contribution in [0.15, 0.2) is 41.5 Å². The molecule has 108 valence electrons.